The highest BCUT2D eigenvalue weighted by Crippen LogP contribution is 2.34. The van der Waals surface area contributed by atoms with Gasteiger partial charge in [-0.3, -0.25) is 0 Å². The van der Waals surface area contributed by atoms with Crippen molar-refractivity contribution in [2.75, 3.05) is 17.2 Å². The zero-order valence-electron chi connectivity index (χ0n) is 9.34. The summed E-state index contributed by atoms with van der Waals surface area (Å²) in [5, 5.41) is 25.3. The molecule has 2 heterocycles. The summed E-state index contributed by atoms with van der Waals surface area (Å²) in [6, 6.07) is 7.94. The summed E-state index contributed by atoms with van der Waals surface area (Å²) in [5.41, 5.74) is 2.02. The van der Waals surface area contributed by atoms with Crippen LogP contribution in [0.3, 0.4) is 0 Å². The topological polar surface area (TPSA) is 73.8 Å². The minimum absolute atomic E-state index is 0.0262. The molecule has 5 heteroatoms. The smallest absolute Gasteiger partial charge is 0.130 e. The second kappa shape index (κ2) is 4.18. The van der Waals surface area contributed by atoms with Gasteiger partial charge in [0.2, 0.25) is 0 Å². The van der Waals surface area contributed by atoms with Crippen LogP contribution in [0.15, 0.2) is 24.3 Å². The zero-order chi connectivity index (χ0) is 11.8. The van der Waals surface area contributed by atoms with Crippen LogP contribution < -0.4 is 10.6 Å². The third kappa shape index (κ3) is 1.86. The molecule has 0 aromatic heterocycles. The van der Waals surface area contributed by atoms with Crippen LogP contribution in [0.5, 0.6) is 0 Å². The minimum Gasteiger partial charge on any atom is -0.394 e. The van der Waals surface area contributed by atoms with Gasteiger partial charge in [-0.25, -0.2) is 0 Å². The van der Waals surface area contributed by atoms with Crippen molar-refractivity contribution in [1.29, 1.82) is 0 Å². The summed E-state index contributed by atoms with van der Waals surface area (Å²) in [4.78, 5) is 0. The SMILES string of the molecule is OC[C@@H](O)[C@H]1O[C@H]2C[C@H]1Nc1ccccc1N2. The van der Waals surface area contributed by atoms with Gasteiger partial charge in [-0.15, -0.1) is 0 Å². The molecule has 0 amide bonds. The van der Waals surface area contributed by atoms with Crippen LogP contribution in [0.4, 0.5) is 11.4 Å². The fourth-order valence-electron chi connectivity index (χ4n) is 2.51. The van der Waals surface area contributed by atoms with E-state index in [0.717, 1.165) is 17.8 Å². The van der Waals surface area contributed by atoms with E-state index >= 15 is 0 Å². The van der Waals surface area contributed by atoms with Crippen molar-refractivity contribution in [3.05, 3.63) is 24.3 Å². The van der Waals surface area contributed by atoms with Crippen LogP contribution in [-0.2, 0) is 4.74 Å². The Balaban J connectivity index is 1.86. The van der Waals surface area contributed by atoms with Crippen LogP contribution in [0.25, 0.3) is 0 Å². The van der Waals surface area contributed by atoms with Gasteiger partial charge in [-0.2, -0.15) is 0 Å². The Hall–Kier alpha value is -1.30. The summed E-state index contributed by atoms with van der Waals surface area (Å²) in [6.07, 6.45) is -0.547. The normalized spacial score (nSPS) is 32.0. The standard InChI is InChI=1S/C12H16N2O3/c15-6-10(16)12-9-5-11(17-12)14-8-4-2-1-3-7(8)13-9/h1-4,9-16H,5-6H2/t9-,10-,11+,12+/m1/s1. The van der Waals surface area contributed by atoms with Crippen molar-refractivity contribution >= 4 is 11.4 Å². The molecule has 0 saturated carbocycles. The Bertz CT molecular complexity index is 412. The minimum atomic E-state index is -0.843. The highest BCUT2D eigenvalue weighted by Gasteiger charge is 2.41. The molecule has 1 aromatic carbocycles. The van der Waals surface area contributed by atoms with Crippen molar-refractivity contribution in [1.82, 2.24) is 0 Å². The molecule has 2 aliphatic rings. The van der Waals surface area contributed by atoms with Gasteiger partial charge >= 0.3 is 0 Å². The average Bonchev–Trinajstić information content (AvgIpc) is 2.62. The molecule has 17 heavy (non-hydrogen) atoms. The number of para-hydroxylation sites is 2. The number of aliphatic hydroxyl groups excluding tert-OH is 2. The highest BCUT2D eigenvalue weighted by atomic mass is 16.5. The summed E-state index contributed by atoms with van der Waals surface area (Å²) in [7, 11) is 0. The predicted octanol–water partition coefficient (Wildman–Crippen LogP) is 0.361. The number of fused-ring (bicyclic) bond motifs is 3. The molecular weight excluding hydrogens is 220 g/mol. The molecule has 3 rings (SSSR count). The lowest BCUT2D eigenvalue weighted by Gasteiger charge is -2.26. The van der Waals surface area contributed by atoms with Gasteiger partial charge in [-0.05, 0) is 12.1 Å². The quantitative estimate of drug-likeness (QED) is 0.596. The van der Waals surface area contributed by atoms with Gasteiger partial charge in [0.05, 0.1) is 24.0 Å². The first kappa shape index (κ1) is 10.8. The molecule has 0 spiro atoms. The van der Waals surface area contributed by atoms with Gasteiger partial charge in [-0.1, -0.05) is 12.1 Å². The van der Waals surface area contributed by atoms with Crippen LogP contribution >= 0.6 is 0 Å². The number of benzene rings is 1. The first-order valence-electron chi connectivity index (χ1n) is 5.84. The highest BCUT2D eigenvalue weighted by molar-refractivity contribution is 5.70. The molecule has 5 nitrogen and oxygen atoms in total. The van der Waals surface area contributed by atoms with Crippen molar-refractivity contribution in [2.45, 2.75) is 30.9 Å². The largest absolute Gasteiger partial charge is 0.394 e. The lowest BCUT2D eigenvalue weighted by molar-refractivity contribution is -0.0499. The maximum absolute atomic E-state index is 9.70. The number of aliphatic hydroxyl groups is 2. The van der Waals surface area contributed by atoms with Crippen molar-refractivity contribution in [3.8, 4) is 0 Å². The number of rotatable bonds is 2. The Labute approximate surface area is 99.4 Å². The monoisotopic (exact) mass is 236 g/mol. The van der Waals surface area contributed by atoms with Crippen molar-refractivity contribution in [2.24, 2.45) is 0 Å². The lowest BCUT2D eigenvalue weighted by Crippen LogP contribution is -2.41. The summed E-state index contributed by atoms with van der Waals surface area (Å²) < 4.78 is 5.69. The fourth-order valence-corrected chi connectivity index (χ4v) is 2.51. The van der Waals surface area contributed by atoms with Gasteiger partial charge in [0.1, 0.15) is 18.4 Å². The second-order valence-electron chi connectivity index (χ2n) is 4.52. The molecule has 2 bridgehead atoms. The van der Waals surface area contributed by atoms with Crippen LogP contribution in [-0.4, -0.2) is 41.3 Å². The summed E-state index contributed by atoms with van der Waals surface area (Å²) in [6.45, 7) is -0.281. The molecule has 0 aliphatic carbocycles. The number of ether oxygens (including phenoxy) is 1. The molecule has 4 N–H and O–H groups in total. The van der Waals surface area contributed by atoms with E-state index in [4.69, 9.17) is 9.84 Å². The summed E-state index contributed by atoms with van der Waals surface area (Å²) in [5.74, 6) is 0. The van der Waals surface area contributed by atoms with Crippen LogP contribution in [0.2, 0.25) is 0 Å². The predicted molar refractivity (Wildman–Crippen MR) is 63.8 cm³/mol. The first-order valence-corrected chi connectivity index (χ1v) is 5.84. The van der Waals surface area contributed by atoms with Gasteiger partial charge in [0.15, 0.2) is 0 Å². The van der Waals surface area contributed by atoms with Crippen LogP contribution in [0, 0.1) is 0 Å². The molecular formula is C12H16N2O3. The molecule has 0 unspecified atom stereocenters. The van der Waals surface area contributed by atoms with E-state index in [2.05, 4.69) is 10.6 Å². The summed E-state index contributed by atoms with van der Waals surface area (Å²) >= 11 is 0. The third-order valence-corrected chi connectivity index (χ3v) is 3.34. The molecule has 1 aromatic rings. The van der Waals surface area contributed by atoms with E-state index in [-0.39, 0.29) is 25.0 Å². The molecule has 92 valence electrons. The van der Waals surface area contributed by atoms with E-state index < -0.39 is 6.10 Å². The van der Waals surface area contributed by atoms with Gasteiger partial charge in [0, 0.05) is 6.42 Å². The van der Waals surface area contributed by atoms with Crippen molar-refractivity contribution in [3.63, 3.8) is 0 Å². The molecule has 1 fully saturated rings. The Kier molecular flexibility index (Phi) is 2.66. The Morgan fingerprint density at radius 1 is 1.29 bits per heavy atom. The molecule has 2 aliphatic heterocycles. The number of anilines is 2. The maximum atomic E-state index is 9.70. The average molecular weight is 236 g/mol. The number of hydrogen-bond acceptors (Lipinski definition) is 5. The lowest BCUT2D eigenvalue weighted by atomic mass is 10.1. The van der Waals surface area contributed by atoms with E-state index in [9.17, 15) is 5.11 Å². The second-order valence-corrected chi connectivity index (χ2v) is 4.52. The van der Waals surface area contributed by atoms with Crippen molar-refractivity contribution < 1.29 is 14.9 Å². The first-order chi connectivity index (χ1) is 8.28. The molecule has 1 saturated heterocycles. The fraction of sp³-hybridized carbons (Fsp3) is 0.500. The molecule has 4 atom stereocenters. The van der Waals surface area contributed by atoms with Crippen LogP contribution in [0.1, 0.15) is 6.42 Å². The zero-order valence-corrected chi connectivity index (χ0v) is 9.34. The Morgan fingerprint density at radius 3 is 2.71 bits per heavy atom. The maximum Gasteiger partial charge on any atom is 0.130 e. The number of nitrogens with one attached hydrogen (secondary N) is 2. The van der Waals surface area contributed by atoms with E-state index in [0.29, 0.717) is 0 Å². The van der Waals surface area contributed by atoms with E-state index in [1.165, 1.54) is 0 Å². The van der Waals surface area contributed by atoms with E-state index in [1.54, 1.807) is 0 Å². The third-order valence-electron chi connectivity index (χ3n) is 3.34. The van der Waals surface area contributed by atoms with Gasteiger partial charge in [0.25, 0.3) is 0 Å². The Morgan fingerprint density at radius 2 is 2.00 bits per heavy atom. The van der Waals surface area contributed by atoms with Gasteiger partial charge < -0.3 is 25.6 Å². The van der Waals surface area contributed by atoms with E-state index in [1.807, 2.05) is 24.3 Å². The molecule has 0 radical (unpaired) electrons. The number of hydrogen-bond donors (Lipinski definition) is 4.